The minimum absolute atomic E-state index is 1.19. The third-order valence-corrected chi connectivity index (χ3v) is 5.71. The van der Waals surface area contributed by atoms with Crippen LogP contribution in [0, 0.1) is 0 Å². The van der Waals surface area contributed by atoms with Crippen LogP contribution >= 0.6 is 0 Å². The third-order valence-electron chi connectivity index (χ3n) is 3.77. The van der Waals surface area contributed by atoms with E-state index < -0.39 is 8.07 Å². The summed E-state index contributed by atoms with van der Waals surface area (Å²) >= 11 is 0. The number of aromatic nitrogens is 1. The van der Waals surface area contributed by atoms with Gasteiger partial charge in [-0.1, -0.05) is 56.0 Å². The van der Waals surface area contributed by atoms with Crippen molar-refractivity contribution in [2.24, 2.45) is 0 Å². The van der Waals surface area contributed by atoms with Crippen molar-refractivity contribution in [2.75, 3.05) is 0 Å². The predicted octanol–water partition coefficient (Wildman–Crippen LogP) is 5.74. The van der Waals surface area contributed by atoms with E-state index in [1.807, 2.05) is 12.3 Å². The van der Waals surface area contributed by atoms with E-state index in [1.54, 1.807) is 0 Å². The molecule has 3 aromatic rings. The Balaban J connectivity index is 2.12. The maximum atomic E-state index is 3.59. The molecule has 0 aliphatic rings. The van der Waals surface area contributed by atoms with Crippen LogP contribution in [-0.4, -0.2) is 13.1 Å². The third kappa shape index (κ3) is 3.14. The highest BCUT2D eigenvalue weighted by Crippen LogP contribution is 2.27. The quantitative estimate of drug-likeness (QED) is 0.469. The van der Waals surface area contributed by atoms with Crippen LogP contribution in [0.25, 0.3) is 22.2 Å². The van der Waals surface area contributed by atoms with Crippen LogP contribution in [0.15, 0.2) is 66.5 Å². The van der Waals surface area contributed by atoms with Gasteiger partial charge < -0.3 is 4.98 Å². The van der Waals surface area contributed by atoms with Crippen LogP contribution in [0.5, 0.6) is 0 Å². The van der Waals surface area contributed by atoms with Crippen molar-refractivity contribution < 1.29 is 0 Å². The number of aromatic amines is 1. The van der Waals surface area contributed by atoms with Crippen molar-refractivity contribution in [3.8, 4) is 0 Å². The average Bonchev–Trinajstić information content (AvgIpc) is 2.95. The molecule has 0 aliphatic carbocycles. The lowest BCUT2D eigenvalue weighted by Crippen LogP contribution is -2.22. The Morgan fingerprint density at radius 2 is 1.77 bits per heavy atom. The zero-order valence-corrected chi connectivity index (χ0v) is 14.4. The van der Waals surface area contributed by atoms with Crippen molar-refractivity contribution >= 4 is 30.2 Å². The number of nitrogens with one attached hydrogen (secondary N) is 1. The zero-order valence-electron chi connectivity index (χ0n) is 13.4. The molecular formula is C20H21NSi. The molecule has 0 aliphatic heterocycles. The van der Waals surface area contributed by atoms with Gasteiger partial charge in [-0.15, -0.1) is 5.73 Å². The maximum Gasteiger partial charge on any atom is 0.0883 e. The van der Waals surface area contributed by atoms with E-state index in [-0.39, 0.29) is 0 Å². The largest absolute Gasteiger partial charge is 0.361 e. The monoisotopic (exact) mass is 303 g/mol. The summed E-state index contributed by atoms with van der Waals surface area (Å²) in [5.74, 6) is 0. The molecule has 0 spiro atoms. The summed E-state index contributed by atoms with van der Waals surface area (Å²) in [6.07, 6.45) is 4.10. The fourth-order valence-electron chi connectivity index (χ4n) is 2.65. The van der Waals surface area contributed by atoms with E-state index >= 15 is 0 Å². The second-order valence-corrected chi connectivity index (χ2v) is 11.6. The Kier molecular flexibility index (Phi) is 3.89. The molecule has 2 heteroatoms. The molecule has 0 saturated heterocycles. The van der Waals surface area contributed by atoms with Crippen LogP contribution in [0.3, 0.4) is 0 Å². The number of hydrogen-bond donors (Lipinski definition) is 1. The van der Waals surface area contributed by atoms with E-state index in [1.165, 1.54) is 27.2 Å². The first-order valence-corrected chi connectivity index (χ1v) is 11.1. The first-order valence-electron chi connectivity index (χ1n) is 7.64. The highest BCUT2D eigenvalue weighted by atomic mass is 28.3. The summed E-state index contributed by atoms with van der Waals surface area (Å²) in [4.78, 5) is 3.26. The molecule has 22 heavy (non-hydrogen) atoms. The Morgan fingerprint density at radius 3 is 2.50 bits per heavy atom. The molecule has 0 unspecified atom stereocenters. The smallest absolute Gasteiger partial charge is 0.0883 e. The fourth-order valence-corrected chi connectivity index (χ4v) is 4.17. The lowest BCUT2D eigenvalue weighted by molar-refractivity contribution is 1.48. The van der Waals surface area contributed by atoms with Crippen molar-refractivity contribution in [1.82, 2.24) is 4.98 Å². The van der Waals surface area contributed by atoms with Gasteiger partial charge in [0.2, 0.25) is 0 Å². The van der Waals surface area contributed by atoms with E-state index in [4.69, 9.17) is 0 Å². The SMILES string of the molecule is C[Si](C)(C)C(=C=Cc1ccccc1)c1ccc2[nH]ccc2c1. The number of hydrogen-bond acceptors (Lipinski definition) is 0. The number of rotatable bonds is 3. The van der Waals surface area contributed by atoms with Crippen molar-refractivity contribution in [1.29, 1.82) is 0 Å². The predicted molar refractivity (Wildman–Crippen MR) is 99.5 cm³/mol. The summed E-state index contributed by atoms with van der Waals surface area (Å²) in [5.41, 5.74) is 7.26. The van der Waals surface area contributed by atoms with Gasteiger partial charge in [-0.2, -0.15) is 0 Å². The first-order chi connectivity index (χ1) is 10.5. The van der Waals surface area contributed by atoms with Crippen LogP contribution in [0.1, 0.15) is 11.1 Å². The lowest BCUT2D eigenvalue weighted by Gasteiger charge is -2.19. The van der Waals surface area contributed by atoms with Crippen LogP contribution < -0.4 is 0 Å². The zero-order chi connectivity index (χ0) is 15.6. The number of benzene rings is 2. The molecule has 0 fully saturated rings. The first kappa shape index (κ1) is 14.6. The summed E-state index contributed by atoms with van der Waals surface area (Å²) in [7, 11) is -1.48. The Bertz CT molecular complexity index is 844. The van der Waals surface area contributed by atoms with Crippen molar-refractivity contribution in [3.05, 3.63) is 77.7 Å². The van der Waals surface area contributed by atoms with Gasteiger partial charge >= 0.3 is 0 Å². The van der Waals surface area contributed by atoms with Crippen molar-refractivity contribution in [2.45, 2.75) is 19.6 Å². The van der Waals surface area contributed by atoms with Gasteiger partial charge in [-0.25, -0.2) is 0 Å². The van der Waals surface area contributed by atoms with Gasteiger partial charge in [0.15, 0.2) is 0 Å². The molecule has 1 nitrogen and oxygen atoms in total. The lowest BCUT2D eigenvalue weighted by atomic mass is 10.1. The molecule has 0 amide bonds. The molecule has 0 radical (unpaired) electrons. The second-order valence-electron chi connectivity index (χ2n) is 6.60. The second kappa shape index (κ2) is 5.84. The molecule has 3 rings (SSSR count). The maximum absolute atomic E-state index is 3.59. The van der Waals surface area contributed by atoms with Gasteiger partial charge in [0.1, 0.15) is 0 Å². The molecule has 1 aromatic heterocycles. The molecule has 2 aromatic carbocycles. The Morgan fingerprint density at radius 1 is 1.00 bits per heavy atom. The van der Waals surface area contributed by atoms with Gasteiger partial charge in [-0.3, -0.25) is 0 Å². The van der Waals surface area contributed by atoms with Crippen LogP contribution in [0.4, 0.5) is 0 Å². The molecule has 0 bridgehead atoms. The van der Waals surface area contributed by atoms with Crippen LogP contribution in [0.2, 0.25) is 19.6 Å². The summed E-state index contributed by atoms with van der Waals surface area (Å²) in [6, 6.07) is 19.2. The van der Waals surface area contributed by atoms with Crippen LogP contribution in [-0.2, 0) is 0 Å². The minimum Gasteiger partial charge on any atom is -0.361 e. The summed E-state index contributed by atoms with van der Waals surface area (Å²) in [6.45, 7) is 7.11. The molecule has 0 atom stereocenters. The Labute approximate surface area is 133 Å². The molecule has 1 heterocycles. The van der Waals surface area contributed by atoms with E-state index in [2.05, 4.69) is 85.0 Å². The number of fused-ring (bicyclic) bond motifs is 1. The molecule has 110 valence electrons. The van der Waals surface area contributed by atoms with E-state index in [0.717, 1.165) is 0 Å². The standard InChI is InChI=1S/C20H21NSi/c1-22(2,3)20(12-9-16-7-5-4-6-8-16)18-10-11-19-17(15-18)13-14-21-19/h4-11,13-15,21H,1-3H3. The van der Waals surface area contributed by atoms with E-state index in [9.17, 15) is 0 Å². The van der Waals surface area contributed by atoms with Gasteiger partial charge in [0, 0.05) is 11.7 Å². The van der Waals surface area contributed by atoms with Gasteiger partial charge in [-0.05, 0) is 46.0 Å². The highest BCUT2D eigenvalue weighted by molar-refractivity contribution is 6.93. The van der Waals surface area contributed by atoms with Crippen molar-refractivity contribution in [3.63, 3.8) is 0 Å². The summed E-state index contributed by atoms with van der Waals surface area (Å²) in [5, 5.41) is 2.62. The summed E-state index contributed by atoms with van der Waals surface area (Å²) < 4.78 is 0. The van der Waals surface area contributed by atoms with Gasteiger partial charge in [0.25, 0.3) is 0 Å². The normalized spacial score (nSPS) is 11.2. The molecule has 0 saturated carbocycles. The number of H-pyrrole nitrogens is 1. The molecule has 1 N–H and O–H groups in total. The fraction of sp³-hybridized carbons (Fsp3) is 0.150. The van der Waals surface area contributed by atoms with Gasteiger partial charge in [0.05, 0.1) is 8.07 Å². The topological polar surface area (TPSA) is 15.8 Å². The average molecular weight is 303 g/mol. The molecular weight excluding hydrogens is 282 g/mol. The minimum atomic E-state index is -1.48. The highest BCUT2D eigenvalue weighted by Gasteiger charge is 2.21. The van der Waals surface area contributed by atoms with E-state index in [0.29, 0.717) is 0 Å². The Hall–Kier alpha value is -2.28.